The van der Waals surface area contributed by atoms with Crippen molar-refractivity contribution in [2.75, 3.05) is 44.2 Å². The van der Waals surface area contributed by atoms with Gasteiger partial charge in [-0.05, 0) is 37.5 Å². The lowest BCUT2D eigenvalue weighted by Crippen LogP contribution is -2.67. The molecular weight excluding hydrogens is 338 g/mol. The van der Waals surface area contributed by atoms with Crippen LogP contribution < -0.4 is 4.90 Å². The van der Waals surface area contributed by atoms with Crippen LogP contribution in [0.4, 0.5) is 5.82 Å². The van der Waals surface area contributed by atoms with E-state index in [0.29, 0.717) is 11.5 Å². The third-order valence-electron chi connectivity index (χ3n) is 7.82. The van der Waals surface area contributed by atoms with Gasteiger partial charge in [-0.25, -0.2) is 4.98 Å². The molecule has 0 amide bonds. The number of aldehydes is 1. The second kappa shape index (κ2) is 7.13. The summed E-state index contributed by atoms with van der Waals surface area (Å²) in [7, 11) is 0. The summed E-state index contributed by atoms with van der Waals surface area (Å²) in [5.41, 5.74) is 0.336. The lowest BCUT2D eigenvalue weighted by atomic mass is 9.53. The Morgan fingerprint density at radius 1 is 1.00 bits per heavy atom. The predicted octanol–water partition coefficient (Wildman–Crippen LogP) is 1.82. The van der Waals surface area contributed by atoms with Crippen molar-refractivity contribution < 1.29 is 4.79 Å². The Morgan fingerprint density at radius 2 is 1.74 bits per heavy atom. The van der Waals surface area contributed by atoms with Crippen LogP contribution in [0.1, 0.15) is 38.5 Å². The summed E-state index contributed by atoms with van der Waals surface area (Å²) in [6, 6.07) is 1.31. The third-order valence-corrected chi connectivity index (χ3v) is 7.82. The molecule has 2 aliphatic carbocycles. The van der Waals surface area contributed by atoms with Crippen LogP contribution in [0, 0.1) is 11.3 Å². The van der Waals surface area contributed by atoms with Gasteiger partial charge in [0.15, 0.2) is 0 Å². The summed E-state index contributed by atoms with van der Waals surface area (Å²) >= 11 is 0. The van der Waals surface area contributed by atoms with Gasteiger partial charge in [0.05, 0.1) is 6.20 Å². The van der Waals surface area contributed by atoms with Crippen molar-refractivity contribution in [1.82, 2.24) is 19.8 Å². The van der Waals surface area contributed by atoms with Gasteiger partial charge in [0, 0.05) is 69.7 Å². The van der Waals surface area contributed by atoms with Crippen molar-refractivity contribution in [2.24, 2.45) is 11.3 Å². The van der Waals surface area contributed by atoms with Crippen molar-refractivity contribution in [2.45, 2.75) is 50.6 Å². The summed E-state index contributed by atoms with van der Waals surface area (Å²) in [6.07, 6.45) is 14.2. The van der Waals surface area contributed by atoms with Crippen LogP contribution in [-0.4, -0.2) is 77.4 Å². The quantitative estimate of drug-likeness (QED) is 0.755. The molecule has 2 aliphatic heterocycles. The number of rotatable bonds is 4. The molecule has 27 heavy (non-hydrogen) atoms. The summed E-state index contributed by atoms with van der Waals surface area (Å²) in [5, 5.41) is 0. The highest BCUT2D eigenvalue weighted by molar-refractivity contribution is 5.58. The Hall–Kier alpha value is -1.53. The molecule has 4 aliphatic rings. The fraction of sp³-hybridized carbons (Fsp3) is 0.762. The molecule has 2 saturated carbocycles. The third kappa shape index (κ3) is 3.07. The molecule has 0 N–H and O–H groups in total. The fourth-order valence-electron chi connectivity index (χ4n) is 6.04. The largest absolute Gasteiger partial charge is 0.355 e. The average Bonchev–Trinajstić information content (AvgIpc) is 2.67. The number of hydrogen-bond acceptors (Lipinski definition) is 6. The number of anilines is 1. The second-order valence-electron chi connectivity index (χ2n) is 9.02. The van der Waals surface area contributed by atoms with E-state index in [-0.39, 0.29) is 5.92 Å². The van der Waals surface area contributed by atoms with Gasteiger partial charge in [-0.15, -0.1) is 0 Å². The van der Waals surface area contributed by atoms with Gasteiger partial charge in [0.1, 0.15) is 12.1 Å². The normalized spacial score (nSPS) is 32.1. The van der Waals surface area contributed by atoms with Crippen LogP contribution in [0.2, 0.25) is 0 Å². The van der Waals surface area contributed by atoms with E-state index in [0.717, 1.165) is 44.5 Å². The summed E-state index contributed by atoms with van der Waals surface area (Å²) < 4.78 is 0. The van der Waals surface area contributed by atoms with Crippen LogP contribution in [0.5, 0.6) is 0 Å². The van der Waals surface area contributed by atoms with Gasteiger partial charge < -0.3 is 9.69 Å². The highest BCUT2D eigenvalue weighted by atomic mass is 16.1. The van der Waals surface area contributed by atoms with Crippen LogP contribution >= 0.6 is 0 Å². The zero-order valence-electron chi connectivity index (χ0n) is 16.2. The Kier molecular flexibility index (Phi) is 4.64. The molecule has 0 aromatic carbocycles. The SMILES string of the molecule is O=CC1CC2(CCN(c3cnccn3)CC2)C1N1CCN(C2CCC2)CC1. The van der Waals surface area contributed by atoms with Crippen LogP contribution in [0.25, 0.3) is 0 Å². The van der Waals surface area contributed by atoms with Gasteiger partial charge in [-0.2, -0.15) is 0 Å². The standard InChI is InChI=1S/C21H31N5O/c27-16-17-14-21(4-8-25(9-5-21)19-15-22-6-7-23-19)20(17)26-12-10-24(11-13-26)18-2-1-3-18/h6-7,15-18,20H,1-5,8-14H2. The lowest BCUT2D eigenvalue weighted by molar-refractivity contribution is -0.139. The first-order valence-electron chi connectivity index (χ1n) is 10.7. The topological polar surface area (TPSA) is 52.6 Å². The van der Waals surface area contributed by atoms with Crippen molar-refractivity contribution in [3.8, 4) is 0 Å². The Morgan fingerprint density at radius 3 is 2.33 bits per heavy atom. The molecule has 2 atom stereocenters. The monoisotopic (exact) mass is 369 g/mol. The number of piperazine rings is 1. The summed E-state index contributed by atoms with van der Waals surface area (Å²) in [5.74, 6) is 1.23. The smallest absolute Gasteiger partial charge is 0.147 e. The van der Waals surface area contributed by atoms with Gasteiger partial charge in [-0.1, -0.05) is 6.42 Å². The summed E-state index contributed by atoms with van der Waals surface area (Å²) in [4.78, 5) is 28.1. The molecule has 3 heterocycles. The van der Waals surface area contributed by atoms with E-state index < -0.39 is 0 Å². The molecular formula is C21H31N5O. The van der Waals surface area contributed by atoms with E-state index in [9.17, 15) is 4.79 Å². The van der Waals surface area contributed by atoms with E-state index in [1.165, 1.54) is 51.5 Å². The van der Waals surface area contributed by atoms with E-state index in [2.05, 4.69) is 24.7 Å². The van der Waals surface area contributed by atoms with Gasteiger partial charge in [-0.3, -0.25) is 14.8 Å². The minimum atomic E-state index is 0.239. The first-order chi connectivity index (χ1) is 13.3. The lowest BCUT2D eigenvalue weighted by Gasteiger charge is -2.61. The number of aromatic nitrogens is 2. The second-order valence-corrected chi connectivity index (χ2v) is 9.02. The first-order valence-corrected chi connectivity index (χ1v) is 10.7. The first kappa shape index (κ1) is 17.6. The van der Waals surface area contributed by atoms with E-state index >= 15 is 0 Å². The Bertz CT molecular complexity index is 648. The minimum absolute atomic E-state index is 0.239. The highest BCUT2D eigenvalue weighted by Crippen LogP contribution is 2.54. The zero-order valence-corrected chi connectivity index (χ0v) is 16.2. The number of nitrogens with zero attached hydrogens (tertiary/aromatic N) is 5. The van der Waals surface area contributed by atoms with E-state index in [1.54, 1.807) is 12.4 Å². The predicted molar refractivity (Wildman–Crippen MR) is 105 cm³/mol. The van der Waals surface area contributed by atoms with Crippen molar-refractivity contribution in [1.29, 1.82) is 0 Å². The Balaban J connectivity index is 1.23. The number of carbonyl (C=O) groups excluding carboxylic acids is 1. The molecule has 1 aromatic heterocycles. The van der Waals surface area contributed by atoms with Gasteiger partial charge in [0.2, 0.25) is 0 Å². The van der Waals surface area contributed by atoms with E-state index in [4.69, 9.17) is 0 Å². The summed E-state index contributed by atoms with van der Waals surface area (Å²) in [6.45, 7) is 6.72. The molecule has 6 heteroatoms. The molecule has 0 bridgehead atoms. The van der Waals surface area contributed by atoms with Crippen LogP contribution in [0.3, 0.4) is 0 Å². The minimum Gasteiger partial charge on any atom is -0.355 e. The van der Waals surface area contributed by atoms with Crippen LogP contribution in [0.15, 0.2) is 18.6 Å². The molecule has 0 radical (unpaired) electrons. The van der Waals surface area contributed by atoms with Crippen molar-refractivity contribution in [3.63, 3.8) is 0 Å². The molecule has 146 valence electrons. The van der Waals surface area contributed by atoms with E-state index in [1.807, 2.05) is 6.20 Å². The van der Waals surface area contributed by atoms with Gasteiger partial charge >= 0.3 is 0 Å². The molecule has 1 spiro atoms. The number of piperidine rings is 1. The molecule has 5 rings (SSSR count). The molecule has 2 saturated heterocycles. The maximum absolute atomic E-state index is 11.7. The maximum atomic E-state index is 11.7. The average molecular weight is 370 g/mol. The molecule has 2 unspecified atom stereocenters. The zero-order chi connectivity index (χ0) is 18.3. The fourth-order valence-corrected chi connectivity index (χ4v) is 6.04. The molecule has 4 fully saturated rings. The number of hydrogen-bond donors (Lipinski definition) is 0. The van der Waals surface area contributed by atoms with Crippen LogP contribution in [-0.2, 0) is 4.79 Å². The number of carbonyl (C=O) groups is 1. The molecule has 6 nitrogen and oxygen atoms in total. The van der Waals surface area contributed by atoms with Crippen molar-refractivity contribution >= 4 is 12.1 Å². The molecule has 1 aromatic rings. The van der Waals surface area contributed by atoms with Gasteiger partial charge in [0.25, 0.3) is 0 Å². The highest BCUT2D eigenvalue weighted by Gasteiger charge is 2.57. The Labute approximate surface area is 161 Å². The van der Waals surface area contributed by atoms with Crippen molar-refractivity contribution in [3.05, 3.63) is 18.6 Å². The maximum Gasteiger partial charge on any atom is 0.147 e.